The molecule has 2 aliphatic rings. The lowest BCUT2D eigenvalue weighted by Gasteiger charge is -2.44. The first kappa shape index (κ1) is 24.3. The molecule has 174 valence electrons. The Morgan fingerprint density at radius 2 is 1.88 bits per heavy atom. The number of fused-ring (bicyclic) bond motifs is 3. The fourth-order valence-electron chi connectivity index (χ4n) is 5.61. The lowest BCUT2D eigenvalue weighted by atomic mass is 9.87. The molecule has 5 rings (SSSR count). The fourth-order valence-corrected chi connectivity index (χ4v) is 5.83. The van der Waals surface area contributed by atoms with Gasteiger partial charge < -0.3 is 21.8 Å². The summed E-state index contributed by atoms with van der Waals surface area (Å²) >= 11 is 6.41. The van der Waals surface area contributed by atoms with E-state index in [2.05, 4.69) is 50.4 Å². The number of hydrogen-bond acceptors (Lipinski definition) is 2. The molecule has 0 spiro atoms. The van der Waals surface area contributed by atoms with Crippen LogP contribution in [0, 0.1) is 18.3 Å². The number of amides is 1. The van der Waals surface area contributed by atoms with Crippen molar-refractivity contribution in [3.05, 3.63) is 99.6 Å². The molecule has 3 unspecified atom stereocenters. The second-order valence-electron chi connectivity index (χ2n) is 9.67. The molecule has 1 saturated heterocycles. The molecule has 2 aliphatic heterocycles. The Morgan fingerprint density at radius 1 is 1.15 bits per heavy atom. The molecule has 3 aromatic carbocycles. The van der Waals surface area contributed by atoms with E-state index in [0.29, 0.717) is 16.1 Å². The van der Waals surface area contributed by atoms with Gasteiger partial charge >= 0.3 is 0 Å². The van der Waals surface area contributed by atoms with Gasteiger partial charge in [0.05, 0.1) is 54.3 Å². The highest BCUT2D eigenvalue weighted by Crippen LogP contribution is 2.47. The highest BCUT2D eigenvalue weighted by atomic mass is 35.5. The van der Waals surface area contributed by atoms with Crippen molar-refractivity contribution in [3.8, 4) is 6.07 Å². The zero-order chi connectivity index (χ0) is 23.2. The number of likely N-dealkylation sites (N-methyl/N-ethyl adjacent to an activating group) is 1. The minimum absolute atomic E-state index is 0. The monoisotopic (exact) mass is 491 g/mol. The predicted molar refractivity (Wildman–Crippen MR) is 131 cm³/mol. The fraction of sp³-hybridized carbons (Fsp3) is 0.286. The first-order chi connectivity index (χ1) is 15.9. The van der Waals surface area contributed by atoms with E-state index in [1.165, 1.54) is 16.7 Å². The van der Waals surface area contributed by atoms with Gasteiger partial charge in [-0.05, 0) is 42.8 Å². The number of piperidine rings is 1. The van der Waals surface area contributed by atoms with E-state index >= 15 is 0 Å². The third-order valence-corrected chi connectivity index (χ3v) is 7.54. The Labute approximate surface area is 212 Å². The molecular formula is C28H27Cl2N3O. The Morgan fingerprint density at radius 3 is 2.59 bits per heavy atom. The van der Waals surface area contributed by atoms with Gasteiger partial charge in [0.1, 0.15) is 6.54 Å². The van der Waals surface area contributed by atoms with E-state index in [9.17, 15) is 4.79 Å². The Balaban J connectivity index is 0.00000274. The summed E-state index contributed by atoms with van der Waals surface area (Å²) in [4.78, 5) is 15.7. The minimum Gasteiger partial charge on any atom is -1.00 e. The van der Waals surface area contributed by atoms with Crippen LogP contribution in [0.5, 0.6) is 0 Å². The van der Waals surface area contributed by atoms with Crippen LogP contribution in [0.25, 0.3) is 0 Å². The second kappa shape index (κ2) is 9.43. The van der Waals surface area contributed by atoms with Gasteiger partial charge in [0.15, 0.2) is 0 Å². The van der Waals surface area contributed by atoms with Gasteiger partial charge in [-0.2, -0.15) is 5.26 Å². The van der Waals surface area contributed by atoms with Gasteiger partial charge in [0, 0.05) is 17.7 Å². The molecule has 0 N–H and O–H groups in total. The molecule has 34 heavy (non-hydrogen) atoms. The number of nitriles is 1. The summed E-state index contributed by atoms with van der Waals surface area (Å²) in [6.07, 6.45) is 0.932. The number of rotatable bonds is 3. The van der Waals surface area contributed by atoms with Crippen molar-refractivity contribution in [3.63, 3.8) is 0 Å². The van der Waals surface area contributed by atoms with Crippen molar-refractivity contribution < 1.29 is 21.7 Å². The Bertz CT molecular complexity index is 1270. The molecule has 4 nitrogen and oxygen atoms in total. The molecule has 3 atom stereocenters. The average molecular weight is 492 g/mol. The quantitative estimate of drug-likeness (QED) is 0.528. The number of quaternary nitrogens is 1. The summed E-state index contributed by atoms with van der Waals surface area (Å²) in [5.74, 6) is 0.268. The average Bonchev–Trinajstić information content (AvgIpc) is 3.11. The van der Waals surface area contributed by atoms with E-state index in [1.54, 1.807) is 6.07 Å². The maximum absolute atomic E-state index is 13.7. The lowest BCUT2D eigenvalue weighted by molar-refractivity contribution is -0.928. The third kappa shape index (κ3) is 4.32. The number of benzene rings is 3. The van der Waals surface area contributed by atoms with Crippen LogP contribution >= 0.6 is 11.6 Å². The highest BCUT2D eigenvalue weighted by Gasteiger charge is 2.49. The van der Waals surface area contributed by atoms with Crippen LogP contribution in [0.1, 0.15) is 45.0 Å². The van der Waals surface area contributed by atoms with Gasteiger partial charge in [-0.1, -0.05) is 53.6 Å². The van der Waals surface area contributed by atoms with Crippen LogP contribution in [-0.2, 0) is 6.54 Å². The molecule has 0 aliphatic carbocycles. The predicted octanol–water partition coefficient (Wildman–Crippen LogP) is 2.69. The first-order valence-electron chi connectivity index (χ1n) is 11.4. The molecule has 0 aromatic heterocycles. The number of nitrogens with zero attached hydrogens (tertiary/aromatic N) is 3. The topological polar surface area (TPSA) is 44.1 Å². The zero-order valence-electron chi connectivity index (χ0n) is 19.3. The summed E-state index contributed by atoms with van der Waals surface area (Å²) in [6, 6.07) is 24.0. The molecule has 1 amide bonds. The van der Waals surface area contributed by atoms with Crippen molar-refractivity contribution in [2.75, 3.05) is 25.0 Å². The summed E-state index contributed by atoms with van der Waals surface area (Å²) in [5.41, 5.74) is 5.99. The molecule has 0 radical (unpaired) electrons. The number of likely N-dealkylation sites (tertiary alicyclic amines) is 1. The number of aryl methyl sites for hydroxylation is 1. The number of carbonyl (C=O) groups excluding carboxylic acids is 1. The van der Waals surface area contributed by atoms with Gasteiger partial charge in [-0.25, -0.2) is 0 Å². The van der Waals surface area contributed by atoms with Crippen LogP contribution in [0.3, 0.4) is 0 Å². The summed E-state index contributed by atoms with van der Waals surface area (Å²) in [6.45, 7) is 4.98. The maximum atomic E-state index is 13.7. The summed E-state index contributed by atoms with van der Waals surface area (Å²) < 4.78 is 0.911. The van der Waals surface area contributed by atoms with Crippen molar-refractivity contribution in [2.45, 2.75) is 31.8 Å². The van der Waals surface area contributed by atoms with Gasteiger partial charge in [-0.15, -0.1) is 0 Å². The summed E-state index contributed by atoms with van der Waals surface area (Å²) in [7, 11) is 2.31. The van der Waals surface area contributed by atoms with Gasteiger partial charge in [0.25, 0.3) is 5.91 Å². The number of halogens is 2. The van der Waals surface area contributed by atoms with Crippen LogP contribution in [0.4, 0.5) is 5.69 Å². The van der Waals surface area contributed by atoms with Crippen LogP contribution < -0.4 is 17.3 Å². The minimum atomic E-state index is -0.0126. The molecule has 0 bridgehead atoms. The smallest absolute Gasteiger partial charge is 0.260 e. The van der Waals surface area contributed by atoms with Gasteiger partial charge in [0.2, 0.25) is 0 Å². The van der Waals surface area contributed by atoms with E-state index in [1.807, 2.05) is 35.2 Å². The van der Waals surface area contributed by atoms with Gasteiger partial charge in [-0.3, -0.25) is 4.79 Å². The number of carbonyl (C=O) groups is 1. The Kier molecular flexibility index (Phi) is 6.73. The van der Waals surface area contributed by atoms with E-state index in [0.717, 1.165) is 36.2 Å². The molecule has 1 fully saturated rings. The number of hydrogen-bond donors (Lipinski definition) is 0. The molecular weight excluding hydrogens is 465 g/mol. The van der Waals surface area contributed by atoms with Crippen LogP contribution in [0.2, 0.25) is 5.02 Å². The van der Waals surface area contributed by atoms with E-state index < -0.39 is 0 Å². The SMILES string of the molecule is Cc1ccc2c(c1)C1C[N+](C)(Cc3ccc(C#N)cc3)CCC1N2C(=O)c1ccccc1Cl.[Cl-]. The highest BCUT2D eigenvalue weighted by molar-refractivity contribution is 6.34. The lowest BCUT2D eigenvalue weighted by Crippen LogP contribution is -3.00. The molecule has 6 heteroatoms. The molecule has 2 heterocycles. The van der Waals surface area contributed by atoms with Crippen LogP contribution in [0.15, 0.2) is 66.7 Å². The first-order valence-corrected chi connectivity index (χ1v) is 11.8. The molecule has 0 saturated carbocycles. The Hall–Kier alpha value is -2.84. The van der Waals surface area contributed by atoms with Crippen LogP contribution in [-0.4, -0.2) is 36.6 Å². The van der Waals surface area contributed by atoms with Crippen molar-refractivity contribution in [1.82, 2.24) is 0 Å². The normalized spacial score (nSPS) is 22.8. The van der Waals surface area contributed by atoms with E-state index in [4.69, 9.17) is 16.9 Å². The van der Waals surface area contributed by atoms with Crippen molar-refractivity contribution >= 4 is 23.2 Å². The summed E-state index contributed by atoms with van der Waals surface area (Å²) in [5, 5.41) is 9.59. The van der Waals surface area contributed by atoms with Crippen molar-refractivity contribution in [2.24, 2.45) is 0 Å². The standard InChI is InChI=1S/C28H27ClN3O.ClH/c1-19-7-12-26-23(15-19)24-18-32(2,17-21-10-8-20(16-30)9-11-21)14-13-27(24)31(26)28(33)22-5-3-4-6-25(22)29;/h3-12,15,24,27H,13-14,17-18H2,1-2H3;1H/q+1;/p-1. The third-order valence-electron chi connectivity index (χ3n) is 7.21. The molecule has 3 aromatic rings. The maximum Gasteiger partial charge on any atom is 0.260 e. The zero-order valence-corrected chi connectivity index (χ0v) is 20.9. The van der Waals surface area contributed by atoms with E-state index in [-0.39, 0.29) is 30.3 Å². The number of anilines is 1. The largest absolute Gasteiger partial charge is 1.00 e. The second-order valence-corrected chi connectivity index (χ2v) is 10.1. The van der Waals surface area contributed by atoms with Crippen molar-refractivity contribution in [1.29, 1.82) is 5.26 Å².